The third kappa shape index (κ3) is 4.01. The minimum absolute atomic E-state index is 0.179. The molecule has 0 aromatic heterocycles. The summed E-state index contributed by atoms with van der Waals surface area (Å²) in [5.41, 5.74) is 3.89. The fourth-order valence-corrected chi connectivity index (χ4v) is 2.28. The molecule has 0 spiro atoms. The number of aliphatic hydroxyl groups excluding tert-OH is 3. The number of nitrogens with two attached hydrogens (primary N) is 1. The molecule has 0 saturated heterocycles. The van der Waals surface area contributed by atoms with Gasteiger partial charge in [-0.1, -0.05) is 0 Å². The molecule has 15 heavy (non-hydrogen) atoms. The topological polar surface area (TPSA) is 141 Å². The van der Waals surface area contributed by atoms with Crippen molar-refractivity contribution < 1.29 is 28.3 Å². The van der Waals surface area contributed by atoms with Crippen LogP contribution in [-0.2, 0) is 10.1 Å². The van der Waals surface area contributed by atoms with Gasteiger partial charge in [0.15, 0.2) is 0 Å². The van der Waals surface area contributed by atoms with Crippen molar-refractivity contribution in [3.05, 3.63) is 0 Å². The van der Waals surface area contributed by atoms with Gasteiger partial charge >= 0.3 is 0 Å². The third-order valence-electron chi connectivity index (χ3n) is 2.51. The number of hydrogen-bond acceptors (Lipinski definition) is 6. The summed E-state index contributed by atoms with van der Waals surface area (Å²) in [5, 5.41) is 27.1. The highest BCUT2D eigenvalue weighted by Gasteiger charge is 2.39. The highest BCUT2D eigenvalue weighted by atomic mass is 32.2. The average molecular weight is 243 g/mol. The SMILES string of the molecule is NCC(CS(=O)(=O)O)C(CO)(CO)CO. The van der Waals surface area contributed by atoms with Gasteiger partial charge in [0.2, 0.25) is 0 Å². The Morgan fingerprint density at radius 1 is 1.13 bits per heavy atom. The van der Waals surface area contributed by atoms with Crippen LogP contribution >= 0.6 is 0 Å². The van der Waals surface area contributed by atoms with E-state index in [9.17, 15) is 8.42 Å². The molecule has 8 heteroatoms. The molecule has 0 rings (SSSR count). The van der Waals surface area contributed by atoms with Gasteiger partial charge in [0.05, 0.1) is 25.6 Å². The first-order chi connectivity index (χ1) is 6.85. The zero-order chi connectivity index (χ0) is 12.1. The standard InChI is InChI=1S/C7H17NO6S/c8-1-6(2-15(12,13)14)7(3-9,4-10)5-11/h6,9-11H,1-5,8H2,(H,12,13,14). The molecule has 7 nitrogen and oxygen atoms in total. The van der Waals surface area contributed by atoms with E-state index in [1.54, 1.807) is 0 Å². The molecule has 0 fully saturated rings. The molecule has 0 heterocycles. The quantitative estimate of drug-likeness (QED) is 0.309. The molecule has 1 unspecified atom stereocenters. The summed E-state index contributed by atoms with van der Waals surface area (Å²) in [6.07, 6.45) is 0. The van der Waals surface area contributed by atoms with E-state index in [-0.39, 0.29) is 6.54 Å². The van der Waals surface area contributed by atoms with E-state index >= 15 is 0 Å². The number of aliphatic hydroxyl groups is 3. The highest BCUT2D eigenvalue weighted by molar-refractivity contribution is 7.85. The lowest BCUT2D eigenvalue weighted by atomic mass is 9.78. The molecular weight excluding hydrogens is 226 g/mol. The Labute approximate surface area is 88.3 Å². The van der Waals surface area contributed by atoms with Crippen LogP contribution in [0.3, 0.4) is 0 Å². The van der Waals surface area contributed by atoms with Gasteiger partial charge in [-0.15, -0.1) is 0 Å². The summed E-state index contributed by atoms with van der Waals surface area (Å²) in [7, 11) is -4.26. The zero-order valence-corrected chi connectivity index (χ0v) is 9.02. The van der Waals surface area contributed by atoms with E-state index in [0.717, 1.165) is 0 Å². The van der Waals surface area contributed by atoms with Gasteiger partial charge in [0.1, 0.15) is 0 Å². The van der Waals surface area contributed by atoms with E-state index < -0.39 is 47.0 Å². The van der Waals surface area contributed by atoms with Crippen LogP contribution in [0.1, 0.15) is 0 Å². The first kappa shape index (κ1) is 14.8. The second kappa shape index (κ2) is 5.73. The van der Waals surface area contributed by atoms with E-state index in [2.05, 4.69) is 0 Å². The Bertz CT molecular complexity index is 265. The average Bonchev–Trinajstić information content (AvgIpc) is 2.17. The molecule has 0 bridgehead atoms. The largest absolute Gasteiger partial charge is 0.396 e. The summed E-state index contributed by atoms with van der Waals surface area (Å²) in [4.78, 5) is 0. The molecule has 0 aliphatic carbocycles. The maximum atomic E-state index is 10.7. The van der Waals surface area contributed by atoms with Crippen molar-refractivity contribution in [3.63, 3.8) is 0 Å². The number of rotatable bonds is 7. The lowest BCUT2D eigenvalue weighted by Crippen LogP contribution is -2.47. The maximum absolute atomic E-state index is 10.7. The normalized spacial score (nSPS) is 15.3. The Kier molecular flexibility index (Phi) is 5.63. The van der Waals surface area contributed by atoms with Crippen LogP contribution in [0.5, 0.6) is 0 Å². The molecule has 0 aromatic carbocycles. The Morgan fingerprint density at radius 2 is 1.53 bits per heavy atom. The fourth-order valence-electron chi connectivity index (χ4n) is 1.29. The minimum Gasteiger partial charge on any atom is -0.396 e. The minimum atomic E-state index is -4.26. The van der Waals surface area contributed by atoms with Crippen LogP contribution in [0, 0.1) is 11.3 Å². The molecule has 1 atom stereocenters. The maximum Gasteiger partial charge on any atom is 0.265 e. The van der Waals surface area contributed by atoms with Crippen LogP contribution < -0.4 is 5.73 Å². The molecule has 0 saturated carbocycles. The lowest BCUT2D eigenvalue weighted by Gasteiger charge is -2.34. The van der Waals surface area contributed by atoms with Crippen LogP contribution in [0.4, 0.5) is 0 Å². The molecule has 0 aliphatic heterocycles. The molecule has 92 valence electrons. The number of hydrogen-bond donors (Lipinski definition) is 5. The first-order valence-corrected chi connectivity index (χ1v) is 5.94. The third-order valence-corrected chi connectivity index (χ3v) is 3.33. The predicted molar refractivity (Wildman–Crippen MR) is 52.7 cm³/mol. The van der Waals surface area contributed by atoms with Gasteiger partial charge in [-0.25, -0.2) is 0 Å². The van der Waals surface area contributed by atoms with Gasteiger partial charge in [0.25, 0.3) is 10.1 Å². The molecule has 0 radical (unpaired) electrons. The van der Waals surface area contributed by atoms with Gasteiger partial charge < -0.3 is 21.1 Å². The van der Waals surface area contributed by atoms with Crippen molar-refractivity contribution in [2.45, 2.75) is 0 Å². The lowest BCUT2D eigenvalue weighted by molar-refractivity contribution is -0.0298. The van der Waals surface area contributed by atoms with Gasteiger partial charge in [-0.05, 0) is 12.5 Å². The van der Waals surface area contributed by atoms with Gasteiger partial charge in [-0.3, -0.25) is 4.55 Å². The Morgan fingerprint density at radius 3 is 1.73 bits per heavy atom. The van der Waals surface area contributed by atoms with Crippen molar-refractivity contribution in [1.29, 1.82) is 0 Å². The van der Waals surface area contributed by atoms with Crippen LogP contribution in [0.15, 0.2) is 0 Å². The second-order valence-electron chi connectivity index (χ2n) is 3.52. The van der Waals surface area contributed by atoms with E-state index in [0.29, 0.717) is 0 Å². The summed E-state index contributed by atoms with van der Waals surface area (Å²) >= 11 is 0. The Hall–Kier alpha value is -0.250. The summed E-state index contributed by atoms with van der Waals surface area (Å²) < 4.78 is 29.9. The summed E-state index contributed by atoms with van der Waals surface area (Å²) in [6.45, 7) is -2.02. The van der Waals surface area contributed by atoms with Crippen molar-refractivity contribution in [3.8, 4) is 0 Å². The molecule has 0 aliphatic rings. The molecule has 0 aromatic rings. The predicted octanol–water partition coefficient (Wildman–Crippen LogP) is -2.59. The monoisotopic (exact) mass is 243 g/mol. The second-order valence-corrected chi connectivity index (χ2v) is 5.02. The van der Waals surface area contributed by atoms with E-state index in [1.165, 1.54) is 0 Å². The van der Waals surface area contributed by atoms with Gasteiger partial charge in [0, 0.05) is 5.41 Å². The van der Waals surface area contributed by atoms with Crippen molar-refractivity contribution in [1.82, 2.24) is 0 Å². The van der Waals surface area contributed by atoms with Crippen molar-refractivity contribution >= 4 is 10.1 Å². The van der Waals surface area contributed by atoms with Crippen LogP contribution in [-0.4, -0.2) is 60.4 Å². The summed E-state index contributed by atoms with van der Waals surface area (Å²) in [5.74, 6) is -1.61. The van der Waals surface area contributed by atoms with Crippen molar-refractivity contribution in [2.75, 3.05) is 32.1 Å². The molecule has 0 amide bonds. The van der Waals surface area contributed by atoms with Crippen molar-refractivity contribution in [2.24, 2.45) is 17.1 Å². The van der Waals surface area contributed by atoms with E-state index in [4.69, 9.17) is 25.6 Å². The van der Waals surface area contributed by atoms with Crippen LogP contribution in [0.2, 0.25) is 0 Å². The van der Waals surface area contributed by atoms with Crippen LogP contribution in [0.25, 0.3) is 0 Å². The molecule has 6 N–H and O–H groups in total. The summed E-state index contributed by atoms with van der Waals surface area (Å²) in [6, 6.07) is 0. The Balaban J connectivity index is 4.90. The molecular formula is C7H17NO6S. The highest BCUT2D eigenvalue weighted by Crippen LogP contribution is 2.27. The van der Waals surface area contributed by atoms with Gasteiger partial charge in [-0.2, -0.15) is 8.42 Å². The van der Waals surface area contributed by atoms with E-state index in [1.807, 2.05) is 0 Å². The smallest absolute Gasteiger partial charge is 0.265 e. The zero-order valence-electron chi connectivity index (χ0n) is 8.20. The first-order valence-electron chi connectivity index (χ1n) is 4.33. The fraction of sp³-hybridized carbons (Fsp3) is 1.00.